The van der Waals surface area contributed by atoms with E-state index in [-0.39, 0.29) is 31.1 Å². The first-order valence-electron chi connectivity index (χ1n) is 25.5. The first-order chi connectivity index (χ1) is 28.0. The molecule has 6 nitrogen and oxygen atoms in total. The van der Waals surface area contributed by atoms with Gasteiger partial charge in [0.05, 0.1) is 0 Å². The second-order valence-electron chi connectivity index (χ2n) is 17.5. The van der Waals surface area contributed by atoms with E-state index in [9.17, 15) is 14.4 Å². The van der Waals surface area contributed by atoms with Gasteiger partial charge in [-0.05, 0) is 19.3 Å². The van der Waals surface area contributed by atoms with Gasteiger partial charge in [0.1, 0.15) is 13.2 Å². The molecule has 0 aromatic rings. The van der Waals surface area contributed by atoms with E-state index in [4.69, 9.17) is 14.2 Å². The third-order valence-electron chi connectivity index (χ3n) is 11.6. The topological polar surface area (TPSA) is 78.9 Å². The van der Waals surface area contributed by atoms with Gasteiger partial charge in [0.15, 0.2) is 6.10 Å². The van der Waals surface area contributed by atoms with Gasteiger partial charge in [0, 0.05) is 19.3 Å². The lowest BCUT2D eigenvalue weighted by atomic mass is 10.0. The molecule has 57 heavy (non-hydrogen) atoms. The molecule has 0 saturated carbocycles. The molecule has 0 spiro atoms. The van der Waals surface area contributed by atoms with E-state index >= 15 is 0 Å². The Labute approximate surface area is 355 Å². The Hall–Kier alpha value is -1.59. The highest BCUT2D eigenvalue weighted by molar-refractivity contribution is 5.71. The monoisotopic (exact) mass is 807 g/mol. The number of ether oxygens (including phenoxy) is 3. The van der Waals surface area contributed by atoms with Gasteiger partial charge in [-0.25, -0.2) is 0 Å². The average molecular weight is 807 g/mol. The van der Waals surface area contributed by atoms with Crippen LogP contribution in [0.2, 0.25) is 0 Å². The summed E-state index contributed by atoms with van der Waals surface area (Å²) in [6, 6.07) is 0. The quantitative estimate of drug-likeness (QED) is 0.0346. The minimum Gasteiger partial charge on any atom is -0.462 e. The fourth-order valence-electron chi connectivity index (χ4n) is 7.74. The molecule has 0 heterocycles. The molecule has 0 bridgehead atoms. The molecule has 0 amide bonds. The van der Waals surface area contributed by atoms with Gasteiger partial charge < -0.3 is 14.2 Å². The Balaban J connectivity index is 4.29. The van der Waals surface area contributed by atoms with Crippen LogP contribution >= 0.6 is 0 Å². The zero-order valence-corrected chi connectivity index (χ0v) is 38.6. The van der Waals surface area contributed by atoms with E-state index in [2.05, 4.69) is 20.8 Å². The van der Waals surface area contributed by atoms with Crippen molar-refractivity contribution in [3.05, 3.63) is 0 Å². The SMILES string of the molecule is CCCCCCCCCCCCCCCCCC(=O)OCC(COC(=O)CCCCCCCCCCCCC)OC(=O)CCCCCCCCCCCCCCC. The summed E-state index contributed by atoms with van der Waals surface area (Å²) in [5.74, 6) is -0.843. The minimum atomic E-state index is -0.759. The minimum absolute atomic E-state index is 0.0619. The molecule has 0 saturated heterocycles. The summed E-state index contributed by atoms with van der Waals surface area (Å²) in [5.41, 5.74) is 0. The van der Waals surface area contributed by atoms with Crippen LogP contribution in [0.3, 0.4) is 0 Å². The smallest absolute Gasteiger partial charge is 0.306 e. The molecule has 0 aliphatic carbocycles. The number of carbonyl (C=O) groups excluding carboxylic acids is 3. The Morgan fingerprint density at radius 2 is 0.474 bits per heavy atom. The molecule has 1 unspecified atom stereocenters. The van der Waals surface area contributed by atoms with Crippen LogP contribution in [-0.4, -0.2) is 37.2 Å². The summed E-state index contributed by atoms with van der Waals surface area (Å²) < 4.78 is 16.8. The first-order valence-corrected chi connectivity index (χ1v) is 25.5. The summed E-state index contributed by atoms with van der Waals surface area (Å²) in [6.45, 7) is 6.67. The van der Waals surface area contributed by atoms with E-state index in [0.717, 1.165) is 57.8 Å². The van der Waals surface area contributed by atoms with Gasteiger partial charge in [-0.3, -0.25) is 14.4 Å². The third-order valence-corrected chi connectivity index (χ3v) is 11.6. The zero-order chi connectivity index (χ0) is 41.5. The molecule has 6 heteroatoms. The fraction of sp³-hybridized carbons (Fsp3) is 0.941. The molecule has 0 aromatic carbocycles. The molecular weight excluding hydrogens is 709 g/mol. The van der Waals surface area contributed by atoms with Crippen molar-refractivity contribution in [3.63, 3.8) is 0 Å². The van der Waals surface area contributed by atoms with Gasteiger partial charge in [-0.2, -0.15) is 0 Å². The largest absolute Gasteiger partial charge is 0.462 e. The Morgan fingerprint density at radius 1 is 0.281 bits per heavy atom. The average Bonchev–Trinajstić information content (AvgIpc) is 3.21. The summed E-state index contributed by atoms with van der Waals surface area (Å²) in [6.07, 6.45) is 49.4. The van der Waals surface area contributed by atoms with Crippen molar-refractivity contribution in [1.82, 2.24) is 0 Å². The highest BCUT2D eigenvalue weighted by atomic mass is 16.6. The van der Waals surface area contributed by atoms with Gasteiger partial charge >= 0.3 is 17.9 Å². The molecular formula is C51H98O6. The number of hydrogen-bond acceptors (Lipinski definition) is 6. The standard InChI is InChI=1S/C51H98O6/c1-4-7-10-13-16-19-22-24-25-27-29-32-35-38-41-44-50(53)56-47-48(46-55-49(52)43-40-37-34-31-28-21-18-15-12-9-6-3)57-51(54)45-42-39-36-33-30-26-23-20-17-14-11-8-5-2/h48H,4-47H2,1-3H3. The molecule has 338 valence electrons. The van der Waals surface area contributed by atoms with Crippen LogP contribution in [0, 0.1) is 0 Å². The molecule has 0 fully saturated rings. The Bertz CT molecular complexity index is 844. The van der Waals surface area contributed by atoms with Crippen molar-refractivity contribution in [2.45, 2.75) is 297 Å². The number of carbonyl (C=O) groups is 3. The van der Waals surface area contributed by atoms with Crippen LogP contribution in [-0.2, 0) is 28.6 Å². The summed E-state index contributed by atoms with van der Waals surface area (Å²) in [4.78, 5) is 37.9. The maximum Gasteiger partial charge on any atom is 0.306 e. The number of rotatable bonds is 47. The van der Waals surface area contributed by atoms with Crippen molar-refractivity contribution < 1.29 is 28.6 Å². The van der Waals surface area contributed by atoms with E-state index in [1.807, 2.05) is 0 Å². The predicted octanol–water partition coefficient (Wildman–Crippen LogP) is 16.4. The summed E-state index contributed by atoms with van der Waals surface area (Å²) in [5, 5.41) is 0. The third kappa shape index (κ3) is 45.3. The van der Waals surface area contributed by atoms with Gasteiger partial charge in [-0.15, -0.1) is 0 Å². The zero-order valence-electron chi connectivity index (χ0n) is 38.6. The lowest BCUT2D eigenvalue weighted by molar-refractivity contribution is -0.167. The normalized spacial score (nSPS) is 11.8. The van der Waals surface area contributed by atoms with E-state index in [0.29, 0.717) is 19.3 Å². The maximum absolute atomic E-state index is 12.8. The van der Waals surface area contributed by atoms with Gasteiger partial charge in [-0.1, -0.05) is 252 Å². The van der Waals surface area contributed by atoms with E-state index in [1.165, 1.54) is 193 Å². The predicted molar refractivity (Wildman–Crippen MR) is 243 cm³/mol. The van der Waals surface area contributed by atoms with Crippen LogP contribution in [0.4, 0.5) is 0 Å². The van der Waals surface area contributed by atoms with Gasteiger partial charge in [0.2, 0.25) is 0 Å². The highest BCUT2D eigenvalue weighted by Gasteiger charge is 2.19. The van der Waals surface area contributed by atoms with Crippen LogP contribution in [0.25, 0.3) is 0 Å². The number of unbranched alkanes of at least 4 members (excludes halogenated alkanes) is 36. The lowest BCUT2D eigenvalue weighted by Gasteiger charge is -2.18. The van der Waals surface area contributed by atoms with Crippen molar-refractivity contribution in [3.8, 4) is 0 Å². The van der Waals surface area contributed by atoms with Crippen LogP contribution in [0.1, 0.15) is 290 Å². The number of hydrogen-bond donors (Lipinski definition) is 0. The Kier molecular flexibility index (Phi) is 45.8. The summed E-state index contributed by atoms with van der Waals surface area (Å²) in [7, 11) is 0. The first kappa shape index (κ1) is 55.4. The van der Waals surface area contributed by atoms with Crippen LogP contribution in [0.15, 0.2) is 0 Å². The second-order valence-corrected chi connectivity index (χ2v) is 17.5. The molecule has 0 rings (SSSR count). The lowest BCUT2D eigenvalue weighted by Crippen LogP contribution is -2.30. The van der Waals surface area contributed by atoms with Crippen molar-refractivity contribution >= 4 is 17.9 Å². The highest BCUT2D eigenvalue weighted by Crippen LogP contribution is 2.17. The molecule has 0 N–H and O–H groups in total. The van der Waals surface area contributed by atoms with Crippen molar-refractivity contribution in [2.24, 2.45) is 0 Å². The summed E-state index contributed by atoms with van der Waals surface area (Å²) >= 11 is 0. The fourth-order valence-corrected chi connectivity index (χ4v) is 7.74. The van der Waals surface area contributed by atoms with Crippen molar-refractivity contribution in [2.75, 3.05) is 13.2 Å². The molecule has 0 radical (unpaired) electrons. The van der Waals surface area contributed by atoms with Crippen LogP contribution in [0.5, 0.6) is 0 Å². The maximum atomic E-state index is 12.8. The number of esters is 3. The second kappa shape index (κ2) is 47.1. The molecule has 1 atom stereocenters. The molecule has 0 aliphatic rings. The molecule has 0 aromatic heterocycles. The Morgan fingerprint density at radius 3 is 0.702 bits per heavy atom. The van der Waals surface area contributed by atoms with E-state index < -0.39 is 6.10 Å². The van der Waals surface area contributed by atoms with Crippen molar-refractivity contribution in [1.29, 1.82) is 0 Å². The van der Waals surface area contributed by atoms with Crippen LogP contribution < -0.4 is 0 Å². The van der Waals surface area contributed by atoms with E-state index in [1.54, 1.807) is 0 Å². The molecule has 0 aliphatic heterocycles. The van der Waals surface area contributed by atoms with Gasteiger partial charge in [0.25, 0.3) is 0 Å².